The highest BCUT2D eigenvalue weighted by Gasteiger charge is 2.38. The molecule has 3 rings (SSSR count). The van der Waals surface area contributed by atoms with Crippen LogP contribution in [0.5, 0.6) is 0 Å². The second-order valence-electron chi connectivity index (χ2n) is 4.13. The predicted molar refractivity (Wildman–Crippen MR) is 58.2 cm³/mol. The van der Waals surface area contributed by atoms with Crippen molar-refractivity contribution in [1.29, 1.82) is 0 Å². The van der Waals surface area contributed by atoms with Crippen molar-refractivity contribution >= 4 is 11.4 Å². The fraction of sp³-hybridized carbons (Fsp3) is 0.417. The smallest absolute Gasteiger partial charge is 0.189 e. The molecule has 15 heavy (non-hydrogen) atoms. The molecule has 0 spiro atoms. The van der Waals surface area contributed by atoms with Gasteiger partial charge in [-0.15, -0.1) is 0 Å². The molecule has 2 unspecified atom stereocenters. The van der Waals surface area contributed by atoms with E-state index in [0.29, 0.717) is 12.1 Å². The van der Waals surface area contributed by atoms with Gasteiger partial charge in [0.05, 0.1) is 25.3 Å². The second kappa shape index (κ2) is 3.25. The predicted octanol–water partition coefficient (Wildman–Crippen LogP) is 2.21. The summed E-state index contributed by atoms with van der Waals surface area (Å²) in [5, 5.41) is 0. The Labute approximate surface area is 89.1 Å². The first-order valence-electron chi connectivity index (χ1n) is 5.22. The number of morpholine rings is 1. The van der Waals surface area contributed by atoms with Gasteiger partial charge < -0.3 is 9.64 Å². The Bertz CT molecular complexity index is 424. The quantitative estimate of drug-likeness (QED) is 0.646. The molecule has 2 aliphatic heterocycles. The molecule has 3 heteroatoms. The number of anilines is 1. The van der Waals surface area contributed by atoms with Gasteiger partial charge in [0.2, 0.25) is 0 Å². The van der Waals surface area contributed by atoms with Crippen molar-refractivity contribution in [3.63, 3.8) is 0 Å². The van der Waals surface area contributed by atoms with Gasteiger partial charge in [-0.1, -0.05) is 12.1 Å². The highest BCUT2D eigenvalue weighted by Crippen LogP contribution is 2.33. The number of hydrogen-bond donors (Lipinski definition) is 0. The minimum absolute atomic E-state index is 0.409. The molecule has 0 radical (unpaired) electrons. The van der Waals surface area contributed by atoms with Crippen molar-refractivity contribution < 1.29 is 4.74 Å². The summed E-state index contributed by atoms with van der Waals surface area (Å²) in [6, 6.07) is 8.37. The zero-order chi connectivity index (χ0) is 10.3. The van der Waals surface area contributed by atoms with E-state index in [9.17, 15) is 0 Å². The lowest BCUT2D eigenvalue weighted by Gasteiger charge is -2.29. The second-order valence-corrected chi connectivity index (χ2v) is 4.13. The van der Waals surface area contributed by atoms with E-state index >= 15 is 0 Å². The van der Waals surface area contributed by atoms with E-state index in [1.807, 2.05) is 18.2 Å². The van der Waals surface area contributed by atoms with Crippen LogP contribution in [0, 0.1) is 6.57 Å². The minimum atomic E-state index is 0.409. The SMILES string of the molecule is [C-]#[N+]c1cccc(N2CC3CC2CO3)c1. The fourth-order valence-corrected chi connectivity index (χ4v) is 2.46. The van der Waals surface area contributed by atoms with Gasteiger partial charge in [0.25, 0.3) is 0 Å². The lowest BCUT2D eigenvalue weighted by Crippen LogP contribution is -2.36. The van der Waals surface area contributed by atoms with E-state index in [-0.39, 0.29) is 0 Å². The van der Waals surface area contributed by atoms with Gasteiger partial charge in [-0.2, -0.15) is 0 Å². The van der Waals surface area contributed by atoms with Crippen LogP contribution in [0.15, 0.2) is 24.3 Å². The first-order valence-corrected chi connectivity index (χ1v) is 5.22. The van der Waals surface area contributed by atoms with Gasteiger partial charge >= 0.3 is 0 Å². The van der Waals surface area contributed by atoms with E-state index in [1.165, 1.54) is 5.69 Å². The van der Waals surface area contributed by atoms with Gasteiger partial charge in [-0.05, 0) is 18.6 Å². The molecule has 1 aromatic carbocycles. The maximum atomic E-state index is 7.00. The zero-order valence-corrected chi connectivity index (χ0v) is 8.39. The molecule has 76 valence electrons. The van der Waals surface area contributed by atoms with Crippen molar-refractivity contribution in [3.05, 3.63) is 35.7 Å². The van der Waals surface area contributed by atoms with E-state index < -0.39 is 0 Å². The van der Waals surface area contributed by atoms with Crippen LogP contribution in [0.4, 0.5) is 11.4 Å². The van der Waals surface area contributed by atoms with Crippen LogP contribution in [-0.2, 0) is 4.74 Å². The van der Waals surface area contributed by atoms with E-state index in [1.54, 1.807) is 0 Å². The Morgan fingerprint density at radius 2 is 2.40 bits per heavy atom. The molecule has 2 atom stereocenters. The number of hydrogen-bond acceptors (Lipinski definition) is 2. The molecule has 0 amide bonds. The Morgan fingerprint density at radius 3 is 3.07 bits per heavy atom. The molecule has 1 aromatic rings. The van der Waals surface area contributed by atoms with Crippen LogP contribution < -0.4 is 4.90 Å². The van der Waals surface area contributed by atoms with Gasteiger partial charge in [0.15, 0.2) is 5.69 Å². The molecule has 0 aromatic heterocycles. The summed E-state index contributed by atoms with van der Waals surface area (Å²) >= 11 is 0. The molecule has 0 saturated carbocycles. The maximum Gasteiger partial charge on any atom is 0.189 e. The largest absolute Gasteiger partial charge is 0.374 e. The topological polar surface area (TPSA) is 16.8 Å². The zero-order valence-electron chi connectivity index (χ0n) is 8.39. The van der Waals surface area contributed by atoms with Crippen LogP contribution in [-0.4, -0.2) is 25.3 Å². The Hall–Kier alpha value is -1.53. The summed E-state index contributed by atoms with van der Waals surface area (Å²) in [6.07, 6.45) is 1.55. The first-order chi connectivity index (χ1) is 7.36. The highest BCUT2D eigenvalue weighted by molar-refractivity contribution is 5.60. The molecular weight excluding hydrogens is 188 g/mol. The van der Waals surface area contributed by atoms with Crippen molar-refractivity contribution in [2.24, 2.45) is 0 Å². The summed E-state index contributed by atoms with van der Waals surface area (Å²) in [7, 11) is 0. The van der Waals surface area contributed by atoms with Crippen molar-refractivity contribution in [2.45, 2.75) is 18.6 Å². The Balaban J connectivity index is 1.90. The molecule has 2 aliphatic rings. The van der Waals surface area contributed by atoms with Gasteiger partial charge in [-0.25, -0.2) is 4.85 Å². The Kier molecular flexibility index (Phi) is 1.90. The monoisotopic (exact) mass is 200 g/mol. The van der Waals surface area contributed by atoms with Gasteiger partial charge in [0.1, 0.15) is 0 Å². The summed E-state index contributed by atoms with van der Waals surface area (Å²) in [4.78, 5) is 5.82. The third kappa shape index (κ3) is 1.38. The molecule has 2 fully saturated rings. The van der Waals surface area contributed by atoms with Crippen molar-refractivity contribution in [2.75, 3.05) is 18.1 Å². The Morgan fingerprint density at radius 1 is 1.47 bits per heavy atom. The number of rotatable bonds is 1. The highest BCUT2D eigenvalue weighted by atomic mass is 16.5. The van der Waals surface area contributed by atoms with E-state index in [2.05, 4.69) is 15.8 Å². The summed E-state index contributed by atoms with van der Waals surface area (Å²) in [5.41, 5.74) is 1.88. The molecular formula is C12H12N2O. The van der Waals surface area contributed by atoms with Crippen LogP contribution >= 0.6 is 0 Å². The molecule has 3 nitrogen and oxygen atoms in total. The fourth-order valence-electron chi connectivity index (χ4n) is 2.46. The average molecular weight is 200 g/mol. The van der Waals surface area contributed by atoms with E-state index in [0.717, 1.165) is 25.3 Å². The number of benzene rings is 1. The van der Waals surface area contributed by atoms with Gasteiger partial charge in [-0.3, -0.25) is 0 Å². The lowest BCUT2D eigenvalue weighted by atomic mass is 10.2. The van der Waals surface area contributed by atoms with Crippen LogP contribution in [0.25, 0.3) is 4.85 Å². The summed E-state index contributed by atoms with van der Waals surface area (Å²) in [5.74, 6) is 0. The minimum Gasteiger partial charge on any atom is -0.374 e. The third-order valence-electron chi connectivity index (χ3n) is 3.19. The molecule has 2 saturated heterocycles. The standard InChI is InChI=1S/C12H12N2O/c1-13-9-3-2-4-10(5-9)14-7-12-6-11(14)8-15-12/h2-5,11-12H,6-8H2. The third-order valence-corrected chi connectivity index (χ3v) is 3.19. The number of fused-ring (bicyclic) bond motifs is 2. The van der Waals surface area contributed by atoms with Crippen molar-refractivity contribution in [1.82, 2.24) is 0 Å². The maximum absolute atomic E-state index is 7.00. The van der Waals surface area contributed by atoms with Gasteiger partial charge in [0, 0.05) is 12.2 Å². The lowest BCUT2D eigenvalue weighted by molar-refractivity contribution is 0.0991. The van der Waals surface area contributed by atoms with Crippen LogP contribution in [0.3, 0.4) is 0 Å². The van der Waals surface area contributed by atoms with Crippen LogP contribution in [0.1, 0.15) is 6.42 Å². The van der Waals surface area contributed by atoms with Crippen LogP contribution in [0.2, 0.25) is 0 Å². The molecule has 2 bridgehead atoms. The average Bonchev–Trinajstić information content (AvgIpc) is 2.91. The molecule has 0 N–H and O–H groups in total. The van der Waals surface area contributed by atoms with E-state index in [4.69, 9.17) is 11.3 Å². The van der Waals surface area contributed by atoms with Crippen molar-refractivity contribution in [3.8, 4) is 0 Å². The number of nitrogens with zero attached hydrogens (tertiary/aromatic N) is 2. The normalized spacial score (nSPS) is 28.1. The molecule has 0 aliphatic carbocycles. The number of ether oxygens (including phenoxy) is 1. The first kappa shape index (κ1) is 8.75. The summed E-state index contributed by atoms with van der Waals surface area (Å²) < 4.78 is 5.56. The summed E-state index contributed by atoms with van der Waals surface area (Å²) in [6.45, 7) is 8.82. The molecule has 2 heterocycles.